The van der Waals surface area contributed by atoms with E-state index in [0.717, 1.165) is 0 Å². The summed E-state index contributed by atoms with van der Waals surface area (Å²) >= 11 is 0. The van der Waals surface area contributed by atoms with Crippen molar-refractivity contribution in [3.05, 3.63) is 228 Å². The standard InChI is InChI=1S/3C13H12N2O.C12H12N2O2S/c3*14-11-8-4-7-10(12(11)15)13(16)9-5-2-1-3-6-9;13-9-1-5-11(6-2-9)17(15,16)12-7-3-10(14)4-8-12/h3*1-8H,14-15H2;1-8H,13-14H2. The molecule has 0 fully saturated rings. The molecule has 0 spiro atoms. The van der Waals surface area contributed by atoms with Crippen molar-refractivity contribution in [1.29, 1.82) is 0 Å². The third-order valence-corrected chi connectivity index (χ3v) is 11.4. The molecule has 0 saturated heterocycles. The highest BCUT2D eigenvalue weighted by molar-refractivity contribution is 7.91. The Balaban J connectivity index is 0.000000163. The molecular formula is C51H48N8O5S. The number of nitrogen functional groups attached to an aromatic ring is 8. The summed E-state index contributed by atoms with van der Waals surface area (Å²) in [7, 11) is -3.48. The predicted molar refractivity (Wildman–Crippen MR) is 263 cm³/mol. The van der Waals surface area contributed by atoms with Gasteiger partial charge in [-0.1, -0.05) is 109 Å². The third kappa shape index (κ3) is 12.2. The topological polar surface area (TPSA) is 294 Å². The summed E-state index contributed by atoms with van der Waals surface area (Å²) < 4.78 is 24.3. The molecule has 8 rings (SSSR count). The van der Waals surface area contributed by atoms with E-state index in [2.05, 4.69) is 0 Å². The number of benzene rings is 8. The van der Waals surface area contributed by atoms with E-state index in [1.807, 2.05) is 54.6 Å². The number of hydrogen-bond acceptors (Lipinski definition) is 13. The second-order valence-electron chi connectivity index (χ2n) is 14.2. The zero-order valence-electron chi connectivity index (χ0n) is 35.0. The molecule has 0 radical (unpaired) electrons. The molecule has 0 aliphatic rings. The Labute approximate surface area is 377 Å². The number of para-hydroxylation sites is 3. The quantitative estimate of drug-likeness (QED) is 0.0532. The van der Waals surface area contributed by atoms with Crippen molar-refractivity contribution in [2.45, 2.75) is 9.79 Å². The number of rotatable bonds is 8. The smallest absolute Gasteiger partial charge is 0.206 e. The molecule has 0 bridgehead atoms. The maximum atomic E-state index is 12.2. The Bertz CT molecular complexity index is 2720. The van der Waals surface area contributed by atoms with Gasteiger partial charge in [0.05, 0.1) is 43.9 Å². The van der Waals surface area contributed by atoms with E-state index in [-0.39, 0.29) is 27.1 Å². The second-order valence-corrected chi connectivity index (χ2v) is 16.1. The van der Waals surface area contributed by atoms with Crippen LogP contribution < -0.4 is 45.9 Å². The fourth-order valence-corrected chi connectivity index (χ4v) is 7.27. The summed E-state index contributed by atoms with van der Waals surface area (Å²) in [6.07, 6.45) is 0. The zero-order valence-corrected chi connectivity index (χ0v) is 35.9. The summed E-state index contributed by atoms with van der Waals surface area (Å²) in [4.78, 5) is 36.7. The van der Waals surface area contributed by atoms with Crippen LogP contribution in [-0.4, -0.2) is 25.8 Å². The monoisotopic (exact) mass is 884 g/mol. The van der Waals surface area contributed by atoms with Gasteiger partial charge < -0.3 is 45.9 Å². The minimum Gasteiger partial charge on any atom is -0.399 e. The molecule has 16 N–H and O–H groups in total. The van der Waals surface area contributed by atoms with E-state index in [1.54, 1.807) is 115 Å². The van der Waals surface area contributed by atoms with Crippen LogP contribution in [0.25, 0.3) is 0 Å². The Morgan fingerprint density at radius 2 is 0.538 bits per heavy atom. The molecule has 0 atom stereocenters. The fraction of sp³-hybridized carbons (Fsp3) is 0. The number of carbonyl (C=O) groups excluding carboxylic acids is 3. The first-order chi connectivity index (χ1) is 31.1. The van der Waals surface area contributed by atoms with Crippen molar-refractivity contribution in [3.63, 3.8) is 0 Å². The predicted octanol–water partition coefficient (Wildman–Crippen LogP) is 7.93. The fourth-order valence-electron chi connectivity index (χ4n) is 6.01. The number of carbonyl (C=O) groups is 3. The van der Waals surface area contributed by atoms with Gasteiger partial charge in [-0.05, 0) is 84.9 Å². The van der Waals surface area contributed by atoms with Crippen molar-refractivity contribution in [3.8, 4) is 0 Å². The van der Waals surface area contributed by atoms with Gasteiger partial charge in [-0.3, -0.25) is 14.4 Å². The SMILES string of the molecule is Nc1ccc(S(=O)(=O)c2ccc(N)cc2)cc1.Nc1cccc(C(=O)c2ccccc2)c1N.Nc1cccc(C(=O)c2ccccc2)c1N.Nc1cccc(C(=O)c2ccccc2)c1N. The molecular weight excluding hydrogens is 837 g/mol. The molecule has 0 unspecified atom stereocenters. The summed E-state index contributed by atoms with van der Waals surface area (Å²) in [5.41, 5.74) is 51.9. The van der Waals surface area contributed by atoms with E-state index in [9.17, 15) is 22.8 Å². The van der Waals surface area contributed by atoms with Gasteiger partial charge >= 0.3 is 0 Å². The molecule has 0 aromatic heterocycles. The Kier molecular flexibility index (Phi) is 15.8. The lowest BCUT2D eigenvalue weighted by Gasteiger charge is -2.06. The minimum absolute atomic E-state index is 0.106. The van der Waals surface area contributed by atoms with Crippen LogP contribution in [0.15, 0.2) is 204 Å². The second kappa shape index (κ2) is 21.8. The average Bonchev–Trinajstić information content (AvgIpc) is 3.33. The van der Waals surface area contributed by atoms with Crippen molar-refractivity contribution >= 4 is 72.7 Å². The Morgan fingerprint density at radius 1 is 0.292 bits per heavy atom. The highest BCUT2D eigenvalue weighted by Gasteiger charge is 2.18. The Hall–Kier alpha value is -8.88. The van der Waals surface area contributed by atoms with Gasteiger partial charge in [0.2, 0.25) is 9.84 Å². The molecule has 65 heavy (non-hydrogen) atoms. The van der Waals surface area contributed by atoms with Crippen molar-refractivity contribution in [1.82, 2.24) is 0 Å². The van der Waals surface area contributed by atoms with Crippen LogP contribution in [0.5, 0.6) is 0 Å². The van der Waals surface area contributed by atoms with Crippen LogP contribution >= 0.6 is 0 Å². The number of ketones is 3. The molecule has 0 saturated carbocycles. The summed E-state index contributed by atoms with van der Waals surface area (Å²) in [5.74, 6) is -0.318. The number of sulfone groups is 1. The number of hydrogen-bond donors (Lipinski definition) is 8. The molecule has 328 valence electrons. The average molecular weight is 885 g/mol. The van der Waals surface area contributed by atoms with Crippen LogP contribution in [0.3, 0.4) is 0 Å². The first-order valence-corrected chi connectivity index (χ1v) is 21.3. The van der Waals surface area contributed by atoms with Crippen LogP contribution in [0.2, 0.25) is 0 Å². The first-order valence-electron chi connectivity index (χ1n) is 19.8. The molecule has 0 aliphatic carbocycles. The van der Waals surface area contributed by atoms with Crippen molar-refractivity contribution in [2.24, 2.45) is 0 Å². The van der Waals surface area contributed by atoms with Gasteiger partial charge in [-0.25, -0.2) is 8.42 Å². The van der Waals surface area contributed by atoms with Gasteiger partial charge in [0.25, 0.3) is 0 Å². The maximum Gasteiger partial charge on any atom is 0.206 e. The first kappa shape index (κ1) is 47.2. The molecule has 8 aromatic rings. The third-order valence-electron chi connectivity index (χ3n) is 9.64. The highest BCUT2D eigenvalue weighted by Crippen LogP contribution is 2.25. The number of nitrogens with two attached hydrogens (primary N) is 8. The van der Waals surface area contributed by atoms with E-state index in [0.29, 0.717) is 78.9 Å². The van der Waals surface area contributed by atoms with Crippen molar-refractivity contribution < 1.29 is 22.8 Å². The van der Waals surface area contributed by atoms with Gasteiger partial charge in [-0.15, -0.1) is 0 Å². The molecule has 0 heterocycles. The largest absolute Gasteiger partial charge is 0.399 e. The van der Waals surface area contributed by atoms with E-state index in [1.165, 1.54) is 24.3 Å². The van der Waals surface area contributed by atoms with Crippen LogP contribution in [0, 0.1) is 0 Å². The Morgan fingerprint density at radius 3 is 0.785 bits per heavy atom. The summed E-state index contributed by atoms with van der Waals surface area (Å²) in [6, 6.07) is 54.4. The van der Waals surface area contributed by atoms with Crippen LogP contribution in [0.1, 0.15) is 47.8 Å². The molecule has 0 aliphatic heterocycles. The molecule has 14 heteroatoms. The van der Waals surface area contributed by atoms with Crippen LogP contribution in [-0.2, 0) is 9.84 Å². The molecule has 8 aromatic carbocycles. The van der Waals surface area contributed by atoms with E-state index < -0.39 is 9.84 Å². The van der Waals surface area contributed by atoms with Gasteiger partial charge in [0.1, 0.15) is 0 Å². The number of anilines is 8. The highest BCUT2D eigenvalue weighted by atomic mass is 32.2. The minimum atomic E-state index is -3.48. The molecule has 13 nitrogen and oxygen atoms in total. The van der Waals surface area contributed by atoms with Gasteiger partial charge in [0.15, 0.2) is 17.3 Å². The molecule has 0 amide bonds. The summed E-state index contributed by atoms with van der Waals surface area (Å²) in [6.45, 7) is 0. The normalized spacial score (nSPS) is 10.3. The van der Waals surface area contributed by atoms with E-state index in [4.69, 9.17) is 45.9 Å². The van der Waals surface area contributed by atoms with E-state index >= 15 is 0 Å². The van der Waals surface area contributed by atoms with Crippen molar-refractivity contribution in [2.75, 3.05) is 45.9 Å². The maximum absolute atomic E-state index is 12.2. The lowest BCUT2D eigenvalue weighted by atomic mass is 10.0. The van der Waals surface area contributed by atoms with Gasteiger partial charge in [-0.2, -0.15) is 0 Å². The zero-order chi connectivity index (χ0) is 47.1. The van der Waals surface area contributed by atoms with Crippen LogP contribution in [0.4, 0.5) is 45.5 Å². The summed E-state index contributed by atoms with van der Waals surface area (Å²) in [5, 5.41) is 0. The lowest BCUT2D eigenvalue weighted by molar-refractivity contribution is 0.103. The lowest BCUT2D eigenvalue weighted by Crippen LogP contribution is -2.07. The van der Waals surface area contributed by atoms with Gasteiger partial charge in [0, 0.05) is 44.8 Å².